The van der Waals surface area contributed by atoms with Gasteiger partial charge in [0, 0.05) is 13.5 Å². The molecule has 0 unspecified atom stereocenters. The molecular weight excluding hydrogens is 207 g/mol. The van der Waals surface area contributed by atoms with Gasteiger partial charge in [0.15, 0.2) is 12.0 Å². The first-order chi connectivity index (χ1) is 7.06. The van der Waals surface area contributed by atoms with Gasteiger partial charge in [-0.1, -0.05) is 0 Å². The van der Waals surface area contributed by atoms with Crippen molar-refractivity contribution in [2.75, 3.05) is 7.11 Å². The number of alkyl halides is 1. The minimum absolute atomic E-state index is 0.281. The fourth-order valence-corrected chi connectivity index (χ4v) is 2.09. The summed E-state index contributed by atoms with van der Waals surface area (Å²) >= 11 is 0. The molecule has 5 nitrogen and oxygen atoms in total. The van der Waals surface area contributed by atoms with Crippen LogP contribution in [0.2, 0.25) is 0 Å². The second-order valence-electron chi connectivity index (χ2n) is 3.64. The monoisotopic (exact) mass is 216 g/mol. The molecule has 0 spiro atoms. The minimum Gasteiger partial charge on any atom is -0.393 e. The molecule has 0 aromatic carbocycles. The van der Waals surface area contributed by atoms with E-state index in [0.717, 1.165) is 0 Å². The highest BCUT2D eigenvalue weighted by atomic mass is 19.1. The van der Waals surface area contributed by atoms with Gasteiger partial charge in [-0.25, -0.2) is 4.39 Å². The Labute approximate surface area is 84.5 Å². The van der Waals surface area contributed by atoms with Crippen LogP contribution in [0.5, 0.6) is 0 Å². The van der Waals surface area contributed by atoms with Gasteiger partial charge in [-0.3, -0.25) is 14.4 Å². The number of esters is 2. The predicted octanol–water partition coefficient (Wildman–Crippen LogP) is -0.372. The third-order valence-corrected chi connectivity index (χ3v) is 2.85. The van der Waals surface area contributed by atoms with Crippen LogP contribution in [0.15, 0.2) is 0 Å². The Kier molecular flexibility index (Phi) is 2.30. The van der Waals surface area contributed by atoms with Crippen LogP contribution in [0.25, 0.3) is 0 Å². The molecule has 2 aliphatic rings. The van der Waals surface area contributed by atoms with Crippen molar-refractivity contribution in [3.8, 4) is 0 Å². The van der Waals surface area contributed by atoms with E-state index in [1.165, 1.54) is 7.11 Å². The molecule has 0 N–H and O–H groups in total. The molecule has 1 aliphatic carbocycles. The number of carbonyl (C=O) groups excluding carboxylic acids is 3. The molecule has 15 heavy (non-hydrogen) atoms. The van der Waals surface area contributed by atoms with Crippen molar-refractivity contribution in [1.29, 1.82) is 0 Å². The molecular formula is C9H9FO5. The Balaban J connectivity index is 2.33. The maximum Gasteiger partial charge on any atom is 0.320 e. The molecule has 1 saturated carbocycles. The average Bonchev–Trinajstić information content (AvgIpc) is 2.45. The van der Waals surface area contributed by atoms with Crippen LogP contribution >= 0.6 is 0 Å². The Morgan fingerprint density at radius 2 is 2.00 bits per heavy atom. The van der Waals surface area contributed by atoms with Gasteiger partial charge in [-0.2, -0.15) is 0 Å². The first-order valence-electron chi connectivity index (χ1n) is 4.51. The second-order valence-corrected chi connectivity index (χ2v) is 3.64. The van der Waals surface area contributed by atoms with Crippen LogP contribution in [-0.2, 0) is 23.9 Å². The third-order valence-electron chi connectivity index (χ3n) is 2.85. The standard InChI is InChI=1S/C9H9FO5/c1-14-7-5-3(2-4(11)6(7)10)8(12)15-9(5)13/h3,5-7H,2H2,1H3/t3-,5-,6+,7-/m0/s1. The summed E-state index contributed by atoms with van der Waals surface area (Å²) in [5.41, 5.74) is 0. The molecule has 0 bridgehead atoms. The van der Waals surface area contributed by atoms with Crippen LogP contribution in [0, 0.1) is 11.8 Å². The first-order valence-corrected chi connectivity index (χ1v) is 4.51. The molecule has 1 saturated heterocycles. The molecule has 2 rings (SSSR count). The highest BCUT2D eigenvalue weighted by Gasteiger charge is 2.56. The van der Waals surface area contributed by atoms with E-state index in [9.17, 15) is 18.8 Å². The zero-order valence-electron chi connectivity index (χ0n) is 7.94. The van der Waals surface area contributed by atoms with E-state index < -0.39 is 41.8 Å². The highest BCUT2D eigenvalue weighted by Crippen LogP contribution is 2.37. The van der Waals surface area contributed by atoms with E-state index in [1.54, 1.807) is 0 Å². The fourth-order valence-electron chi connectivity index (χ4n) is 2.09. The van der Waals surface area contributed by atoms with Crippen molar-refractivity contribution in [2.45, 2.75) is 18.7 Å². The summed E-state index contributed by atoms with van der Waals surface area (Å²) in [7, 11) is 1.20. The van der Waals surface area contributed by atoms with Crippen LogP contribution in [0.1, 0.15) is 6.42 Å². The number of ketones is 1. The van der Waals surface area contributed by atoms with Crippen LogP contribution in [-0.4, -0.2) is 37.1 Å². The smallest absolute Gasteiger partial charge is 0.320 e. The van der Waals surface area contributed by atoms with E-state index in [4.69, 9.17) is 4.74 Å². The van der Waals surface area contributed by atoms with E-state index in [0.29, 0.717) is 0 Å². The molecule has 1 heterocycles. The summed E-state index contributed by atoms with van der Waals surface area (Å²) in [4.78, 5) is 33.6. The second kappa shape index (κ2) is 3.37. The van der Waals surface area contributed by atoms with E-state index >= 15 is 0 Å². The zero-order valence-corrected chi connectivity index (χ0v) is 7.94. The van der Waals surface area contributed by atoms with Gasteiger partial charge >= 0.3 is 11.9 Å². The summed E-state index contributed by atoms with van der Waals surface area (Å²) < 4.78 is 22.5. The predicted molar refractivity (Wildman–Crippen MR) is 43.4 cm³/mol. The maximum atomic E-state index is 13.4. The molecule has 6 heteroatoms. The fraction of sp³-hybridized carbons (Fsp3) is 0.667. The lowest BCUT2D eigenvalue weighted by Gasteiger charge is -2.29. The van der Waals surface area contributed by atoms with Crippen molar-refractivity contribution >= 4 is 17.7 Å². The lowest BCUT2D eigenvalue weighted by atomic mass is 9.77. The number of carbonyl (C=O) groups is 3. The van der Waals surface area contributed by atoms with Gasteiger partial charge in [-0.15, -0.1) is 0 Å². The molecule has 82 valence electrons. The summed E-state index contributed by atoms with van der Waals surface area (Å²) in [6, 6.07) is 0. The molecule has 1 aliphatic heterocycles. The molecule has 0 aromatic rings. The topological polar surface area (TPSA) is 69.7 Å². The number of rotatable bonds is 1. The maximum absolute atomic E-state index is 13.4. The van der Waals surface area contributed by atoms with Gasteiger partial charge < -0.3 is 9.47 Å². The number of hydrogen-bond acceptors (Lipinski definition) is 5. The summed E-state index contributed by atoms with van der Waals surface area (Å²) in [5.74, 6) is -4.12. The lowest BCUT2D eigenvalue weighted by Crippen LogP contribution is -2.48. The number of Topliss-reactive ketones (excluding diaryl/α,β-unsaturated/α-hetero) is 1. The van der Waals surface area contributed by atoms with Crippen molar-refractivity contribution in [1.82, 2.24) is 0 Å². The zero-order chi connectivity index (χ0) is 11.2. The van der Waals surface area contributed by atoms with Gasteiger partial charge in [0.05, 0.1) is 5.92 Å². The first kappa shape index (κ1) is 10.2. The molecule has 0 radical (unpaired) electrons. The van der Waals surface area contributed by atoms with Gasteiger partial charge in [0.1, 0.15) is 12.0 Å². The van der Waals surface area contributed by atoms with Gasteiger partial charge in [-0.05, 0) is 0 Å². The van der Waals surface area contributed by atoms with Crippen LogP contribution in [0.3, 0.4) is 0 Å². The summed E-state index contributed by atoms with van der Waals surface area (Å²) in [6.45, 7) is 0. The third kappa shape index (κ3) is 1.36. The Morgan fingerprint density at radius 1 is 1.33 bits per heavy atom. The lowest BCUT2D eigenvalue weighted by molar-refractivity contribution is -0.155. The largest absolute Gasteiger partial charge is 0.393 e. The number of ether oxygens (including phenoxy) is 2. The van der Waals surface area contributed by atoms with Crippen LogP contribution in [0.4, 0.5) is 4.39 Å². The molecule has 2 fully saturated rings. The van der Waals surface area contributed by atoms with Crippen LogP contribution < -0.4 is 0 Å². The Hall–Kier alpha value is -1.30. The molecule has 0 amide bonds. The Morgan fingerprint density at radius 3 is 2.60 bits per heavy atom. The van der Waals surface area contributed by atoms with E-state index in [-0.39, 0.29) is 6.42 Å². The number of methoxy groups -OCH3 is 1. The quantitative estimate of drug-likeness (QED) is 0.441. The van der Waals surface area contributed by atoms with E-state index in [1.807, 2.05) is 0 Å². The van der Waals surface area contributed by atoms with Gasteiger partial charge in [0.2, 0.25) is 0 Å². The molecule has 4 atom stereocenters. The number of fused-ring (bicyclic) bond motifs is 1. The normalized spacial score (nSPS) is 40.3. The average molecular weight is 216 g/mol. The highest BCUT2D eigenvalue weighted by molar-refractivity contribution is 6.02. The summed E-state index contributed by atoms with van der Waals surface area (Å²) in [6.07, 6.45) is -3.33. The SMILES string of the molecule is CO[C@H]1[C@H]2C(=O)OC(=O)[C@H]2CC(=O)[C@H]1F. The van der Waals surface area contributed by atoms with Crippen molar-refractivity contribution in [3.63, 3.8) is 0 Å². The van der Waals surface area contributed by atoms with Crippen molar-refractivity contribution in [3.05, 3.63) is 0 Å². The van der Waals surface area contributed by atoms with Gasteiger partial charge in [0.25, 0.3) is 0 Å². The Bertz CT molecular complexity index is 339. The number of halogens is 1. The van der Waals surface area contributed by atoms with Crippen molar-refractivity contribution < 1.29 is 28.2 Å². The van der Waals surface area contributed by atoms with Crippen molar-refractivity contribution in [2.24, 2.45) is 11.8 Å². The molecule has 0 aromatic heterocycles. The number of hydrogen-bond donors (Lipinski definition) is 0. The number of cyclic esters (lactones) is 2. The van der Waals surface area contributed by atoms with E-state index in [2.05, 4.69) is 4.74 Å². The summed E-state index contributed by atoms with van der Waals surface area (Å²) in [5, 5.41) is 0. The minimum atomic E-state index is -1.85.